The fourth-order valence-electron chi connectivity index (χ4n) is 2.05. The largest absolute Gasteiger partial charge is 0.495 e. The van der Waals surface area contributed by atoms with Gasteiger partial charge in [0.1, 0.15) is 5.75 Å². The number of nitrogens with zero attached hydrogens (tertiary/aromatic N) is 1. The monoisotopic (exact) mass is 254 g/mol. The lowest BCUT2D eigenvalue weighted by Crippen LogP contribution is -2.41. The number of methoxy groups -OCH3 is 1. The maximum Gasteiger partial charge on any atom is 0.246 e. The van der Waals surface area contributed by atoms with Crippen molar-refractivity contribution < 1.29 is 9.53 Å². The van der Waals surface area contributed by atoms with E-state index in [1.807, 2.05) is 6.07 Å². The van der Waals surface area contributed by atoms with Crippen LogP contribution >= 0.6 is 11.6 Å². The van der Waals surface area contributed by atoms with Crippen molar-refractivity contribution in [2.45, 2.75) is 18.3 Å². The van der Waals surface area contributed by atoms with Gasteiger partial charge in [0, 0.05) is 7.05 Å². The zero-order valence-electron chi connectivity index (χ0n) is 9.87. The molecule has 1 aliphatic carbocycles. The van der Waals surface area contributed by atoms with Gasteiger partial charge in [0.2, 0.25) is 5.91 Å². The van der Waals surface area contributed by atoms with E-state index >= 15 is 0 Å². The summed E-state index contributed by atoms with van der Waals surface area (Å²) >= 11 is 6.07. The Morgan fingerprint density at radius 3 is 2.59 bits per heavy atom. The van der Waals surface area contributed by atoms with Crippen LogP contribution in [0.15, 0.2) is 18.2 Å². The number of carbonyl (C=O) groups excluding carboxylic acids is 1. The lowest BCUT2D eigenvalue weighted by Gasteiger charge is -2.20. The third kappa shape index (κ3) is 1.98. The third-order valence-corrected chi connectivity index (χ3v) is 3.48. The van der Waals surface area contributed by atoms with Gasteiger partial charge in [-0.25, -0.2) is 5.84 Å². The second kappa shape index (κ2) is 4.20. The SMILES string of the molecule is COc1ccc(C2(C(=O)N(C)N)CC2)cc1Cl. The van der Waals surface area contributed by atoms with Crippen LogP contribution in [0.3, 0.4) is 0 Å². The van der Waals surface area contributed by atoms with E-state index in [0.717, 1.165) is 23.4 Å². The van der Waals surface area contributed by atoms with Crippen LogP contribution in [0.2, 0.25) is 5.02 Å². The van der Waals surface area contributed by atoms with Crippen molar-refractivity contribution in [3.63, 3.8) is 0 Å². The Morgan fingerprint density at radius 1 is 1.53 bits per heavy atom. The summed E-state index contributed by atoms with van der Waals surface area (Å²) < 4.78 is 5.09. The highest BCUT2D eigenvalue weighted by molar-refractivity contribution is 6.32. The number of halogens is 1. The highest BCUT2D eigenvalue weighted by Gasteiger charge is 2.52. The van der Waals surface area contributed by atoms with Crippen LogP contribution in [-0.4, -0.2) is 25.1 Å². The van der Waals surface area contributed by atoms with Crippen molar-refractivity contribution in [3.8, 4) is 5.75 Å². The molecule has 1 amide bonds. The molecule has 0 atom stereocenters. The average molecular weight is 255 g/mol. The first-order valence-electron chi connectivity index (χ1n) is 5.38. The van der Waals surface area contributed by atoms with Gasteiger partial charge in [-0.2, -0.15) is 0 Å². The molecule has 2 N–H and O–H groups in total. The van der Waals surface area contributed by atoms with Gasteiger partial charge in [-0.15, -0.1) is 0 Å². The number of nitrogens with two attached hydrogens (primary N) is 1. The van der Waals surface area contributed by atoms with Gasteiger partial charge in [0.25, 0.3) is 0 Å². The van der Waals surface area contributed by atoms with Crippen LogP contribution in [0, 0.1) is 0 Å². The van der Waals surface area contributed by atoms with Crippen molar-refractivity contribution in [2.24, 2.45) is 5.84 Å². The second-order valence-corrected chi connectivity index (χ2v) is 4.75. The summed E-state index contributed by atoms with van der Waals surface area (Å²) in [4.78, 5) is 12.0. The molecule has 1 aromatic carbocycles. The van der Waals surface area contributed by atoms with E-state index in [0.29, 0.717) is 10.8 Å². The standard InChI is InChI=1S/C12H15ClN2O2/c1-15(14)11(16)12(5-6-12)8-3-4-10(17-2)9(13)7-8/h3-4,7H,5-6,14H2,1-2H3. The Bertz CT molecular complexity index is 456. The van der Waals surface area contributed by atoms with E-state index in [9.17, 15) is 4.79 Å². The molecule has 4 nitrogen and oxygen atoms in total. The summed E-state index contributed by atoms with van der Waals surface area (Å²) in [6.07, 6.45) is 1.63. The number of rotatable bonds is 3. The fourth-order valence-corrected chi connectivity index (χ4v) is 2.31. The first-order chi connectivity index (χ1) is 8.01. The summed E-state index contributed by atoms with van der Waals surface area (Å²) in [6.45, 7) is 0. The van der Waals surface area contributed by atoms with Crippen LogP contribution < -0.4 is 10.6 Å². The Kier molecular flexibility index (Phi) is 3.02. The zero-order chi connectivity index (χ0) is 12.6. The van der Waals surface area contributed by atoms with Crippen molar-refractivity contribution >= 4 is 17.5 Å². The molecular weight excluding hydrogens is 240 g/mol. The highest BCUT2D eigenvalue weighted by atomic mass is 35.5. The first-order valence-corrected chi connectivity index (χ1v) is 5.76. The molecule has 0 radical (unpaired) electrons. The van der Waals surface area contributed by atoms with Crippen molar-refractivity contribution in [3.05, 3.63) is 28.8 Å². The molecule has 0 saturated heterocycles. The van der Waals surface area contributed by atoms with Crippen LogP contribution in [0.4, 0.5) is 0 Å². The van der Waals surface area contributed by atoms with Gasteiger partial charge >= 0.3 is 0 Å². The minimum Gasteiger partial charge on any atom is -0.495 e. The molecular formula is C12H15ClN2O2. The Morgan fingerprint density at radius 2 is 2.18 bits per heavy atom. The second-order valence-electron chi connectivity index (χ2n) is 4.35. The molecule has 0 bridgehead atoms. The average Bonchev–Trinajstić information content (AvgIpc) is 3.09. The quantitative estimate of drug-likeness (QED) is 0.508. The summed E-state index contributed by atoms with van der Waals surface area (Å²) in [5.74, 6) is 6.06. The van der Waals surface area contributed by atoms with Gasteiger partial charge in [-0.05, 0) is 30.5 Å². The molecule has 17 heavy (non-hydrogen) atoms. The van der Waals surface area contributed by atoms with Crippen molar-refractivity contribution in [2.75, 3.05) is 14.2 Å². The van der Waals surface area contributed by atoms with Gasteiger partial charge in [0.15, 0.2) is 0 Å². The minimum absolute atomic E-state index is 0.0706. The third-order valence-electron chi connectivity index (χ3n) is 3.18. The van der Waals surface area contributed by atoms with E-state index in [1.54, 1.807) is 26.3 Å². The molecule has 2 rings (SSSR count). The molecule has 1 aliphatic rings. The molecule has 0 aromatic heterocycles. The summed E-state index contributed by atoms with van der Waals surface area (Å²) in [5, 5.41) is 1.66. The normalized spacial score (nSPS) is 16.5. The van der Waals surface area contributed by atoms with Crippen molar-refractivity contribution in [1.29, 1.82) is 0 Å². The predicted octanol–water partition coefficient (Wildman–Crippen LogP) is 1.71. The fraction of sp³-hybridized carbons (Fsp3) is 0.417. The number of likely N-dealkylation sites (N-methyl/N-ethyl adjacent to an activating group) is 1. The molecule has 0 unspecified atom stereocenters. The lowest BCUT2D eigenvalue weighted by atomic mass is 9.95. The number of hydrogen-bond acceptors (Lipinski definition) is 3. The maximum atomic E-state index is 12.0. The van der Waals surface area contributed by atoms with E-state index in [4.69, 9.17) is 22.2 Å². The zero-order valence-corrected chi connectivity index (χ0v) is 10.6. The van der Waals surface area contributed by atoms with Crippen LogP contribution in [0.25, 0.3) is 0 Å². The summed E-state index contributed by atoms with van der Waals surface area (Å²) in [6, 6.07) is 5.44. The lowest BCUT2D eigenvalue weighted by molar-refractivity contribution is -0.132. The van der Waals surface area contributed by atoms with Gasteiger partial charge in [-0.1, -0.05) is 17.7 Å². The number of amides is 1. The Balaban J connectivity index is 2.35. The number of hydrazine groups is 1. The molecule has 0 aliphatic heterocycles. The number of benzene rings is 1. The minimum atomic E-state index is -0.473. The van der Waals surface area contributed by atoms with E-state index in [-0.39, 0.29) is 5.91 Å². The van der Waals surface area contributed by atoms with E-state index in [1.165, 1.54) is 0 Å². The van der Waals surface area contributed by atoms with Gasteiger partial charge in [-0.3, -0.25) is 9.80 Å². The molecule has 1 saturated carbocycles. The molecule has 0 heterocycles. The first kappa shape index (κ1) is 12.2. The van der Waals surface area contributed by atoms with Crippen LogP contribution in [0.1, 0.15) is 18.4 Å². The van der Waals surface area contributed by atoms with Gasteiger partial charge < -0.3 is 4.74 Å². The van der Waals surface area contributed by atoms with E-state index < -0.39 is 5.41 Å². The van der Waals surface area contributed by atoms with Crippen LogP contribution in [-0.2, 0) is 10.2 Å². The Hall–Kier alpha value is -1.26. The van der Waals surface area contributed by atoms with Crippen molar-refractivity contribution in [1.82, 2.24) is 5.01 Å². The Labute approximate surface area is 105 Å². The smallest absolute Gasteiger partial charge is 0.246 e. The summed E-state index contributed by atoms with van der Waals surface area (Å²) in [5.41, 5.74) is 0.435. The number of carbonyl (C=O) groups is 1. The molecule has 5 heteroatoms. The number of ether oxygens (including phenoxy) is 1. The molecule has 1 aromatic rings. The molecule has 1 fully saturated rings. The van der Waals surface area contributed by atoms with E-state index in [2.05, 4.69) is 0 Å². The predicted molar refractivity (Wildman–Crippen MR) is 65.9 cm³/mol. The highest BCUT2D eigenvalue weighted by Crippen LogP contribution is 2.50. The van der Waals surface area contributed by atoms with Gasteiger partial charge in [0.05, 0.1) is 17.5 Å². The molecule has 0 spiro atoms. The van der Waals surface area contributed by atoms with Crippen LogP contribution in [0.5, 0.6) is 5.75 Å². The molecule has 92 valence electrons. The topological polar surface area (TPSA) is 55.6 Å². The maximum absolute atomic E-state index is 12.0. The summed E-state index contributed by atoms with van der Waals surface area (Å²) in [7, 11) is 3.13. The number of hydrogen-bond donors (Lipinski definition) is 1.